The quantitative estimate of drug-likeness (QED) is 0.433. The molecule has 1 fully saturated rings. The van der Waals surface area contributed by atoms with Crippen LogP contribution >= 0.6 is 11.3 Å². The predicted molar refractivity (Wildman–Crippen MR) is 140 cm³/mol. The molecule has 5 nitrogen and oxygen atoms in total. The van der Waals surface area contributed by atoms with Crippen LogP contribution in [0.4, 0.5) is 5.69 Å². The van der Waals surface area contributed by atoms with Gasteiger partial charge in [0.1, 0.15) is 5.70 Å². The fraction of sp³-hybridized carbons (Fsp3) is 0.286. The smallest absolute Gasteiger partial charge is 0.268 e. The van der Waals surface area contributed by atoms with Crippen LogP contribution in [0.25, 0.3) is 6.08 Å². The van der Waals surface area contributed by atoms with Crippen LogP contribution in [0.1, 0.15) is 58.6 Å². The first-order chi connectivity index (χ1) is 16.5. The molecule has 1 saturated heterocycles. The molecule has 0 saturated carbocycles. The molecule has 2 aromatic carbocycles. The number of aryl methyl sites for hydroxylation is 1. The highest BCUT2D eigenvalue weighted by Gasteiger charge is 2.19. The number of carbonyl (C=O) groups is 2. The second-order valence-corrected chi connectivity index (χ2v) is 9.66. The highest BCUT2D eigenvalue weighted by Crippen LogP contribution is 2.23. The van der Waals surface area contributed by atoms with Crippen LogP contribution in [0.15, 0.2) is 71.7 Å². The van der Waals surface area contributed by atoms with Crippen molar-refractivity contribution in [2.75, 3.05) is 18.0 Å². The summed E-state index contributed by atoms with van der Waals surface area (Å²) in [5, 5.41) is 7.82. The SMILES string of the molecule is Cc1ccccc1C(=O)N/C(=C\c1cccs1)C(=O)N[C@@H](C)c1ccc(N2CCCCC2)cc1. The molecule has 1 atom stereocenters. The average Bonchev–Trinajstić information content (AvgIpc) is 3.37. The Morgan fingerprint density at radius 2 is 1.71 bits per heavy atom. The molecule has 0 unspecified atom stereocenters. The number of piperidine rings is 1. The lowest BCUT2D eigenvalue weighted by molar-refractivity contribution is -0.118. The first kappa shape index (κ1) is 23.8. The van der Waals surface area contributed by atoms with Gasteiger partial charge >= 0.3 is 0 Å². The number of benzene rings is 2. The lowest BCUT2D eigenvalue weighted by atomic mass is 10.1. The third-order valence-electron chi connectivity index (χ3n) is 6.17. The number of hydrogen-bond acceptors (Lipinski definition) is 4. The lowest BCUT2D eigenvalue weighted by Crippen LogP contribution is -2.36. The summed E-state index contributed by atoms with van der Waals surface area (Å²) in [5.74, 6) is -0.613. The average molecular weight is 474 g/mol. The highest BCUT2D eigenvalue weighted by molar-refractivity contribution is 7.10. The van der Waals surface area contributed by atoms with E-state index in [2.05, 4.69) is 39.8 Å². The van der Waals surface area contributed by atoms with Gasteiger partial charge in [-0.1, -0.05) is 36.4 Å². The van der Waals surface area contributed by atoms with Gasteiger partial charge in [0.05, 0.1) is 6.04 Å². The Morgan fingerprint density at radius 3 is 2.38 bits per heavy atom. The van der Waals surface area contributed by atoms with Crippen molar-refractivity contribution in [2.45, 2.75) is 39.2 Å². The van der Waals surface area contributed by atoms with Crippen molar-refractivity contribution in [1.29, 1.82) is 0 Å². The second kappa shape index (κ2) is 11.2. The molecule has 0 radical (unpaired) electrons. The van der Waals surface area contributed by atoms with Crippen LogP contribution in [-0.4, -0.2) is 24.9 Å². The molecule has 0 spiro atoms. The number of hydrogen-bond donors (Lipinski definition) is 2. The normalized spacial score (nSPS) is 15.0. The summed E-state index contributed by atoms with van der Waals surface area (Å²) in [7, 11) is 0. The maximum atomic E-state index is 13.2. The highest BCUT2D eigenvalue weighted by atomic mass is 32.1. The van der Waals surface area contributed by atoms with Gasteiger partial charge in [0.15, 0.2) is 0 Å². The molecule has 176 valence electrons. The Bertz CT molecular complexity index is 1150. The number of rotatable bonds is 7. The van der Waals surface area contributed by atoms with Crippen LogP contribution in [0.5, 0.6) is 0 Å². The van der Waals surface area contributed by atoms with E-state index in [9.17, 15) is 9.59 Å². The zero-order chi connectivity index (χ0) is 23.9. The van der Waals surface area contributed by atoms with E-state index in [1.807, 2.05) is 49.6 Å². The molecule has 1 aromatic heterocycles. The van der Waals surface area contributed by atoms with Crippen molar-refractivity contribution in [3.63, 3.8) is 0 Å². The monoisotopic (exact) mass is 473 g/mol. The van der Waals surface area contributed by atoms with Gasteiger partial charge in [-0.2, -0.15) is 0 Å². The maximum absolute atomic E-state index is 13.2. The summed E-state index contributed by atoms with van der Waals surface area (Å²) >= 11 is 1.51. The minimum absolute atomic E-state index is 0.204. The number of anilines is 1. The van der Waals surface area contributed by atoms with E-state index in [0.717, 1.165) is 29.1 Å². The summed E-state index contributed by atoms with van der Waals surface area (Å²) < 4.78 is 0. The molecule has 0 aliphatic carbocycles. The fourth-order valence-electron chi connectivity index (χ4n) is 4.18. The van der Waals surface area contributed by atoms with Crippen molar-refractivity contribution in [3.8, 4) is 0 Å². The van der Waals surface area contributed by atoms with Crippen LogP contribution < -0.4 is 15.5 Å². The van der Waals surface area contributed by atoms with E-state index in [1.165, 1.54) is 36.3 Å². The largest absolute Gasteiger partial charge is 0.372 e. The van der Waals surface area contributed by atoms with Crippen LogP contribution in [0, 0.1) is 6.92 Å². The van der Waals surface area contributed by atoms with Crippen LogP contribution in [-0.2, 0) is 4.79 Å². The number of carbonyl (C=O) groups excluding carboxylic acids is 2. The van der Waals surface area contributed by atoms with E-state index in [-0.39, 0.29) is 23.6 Å². The standard InChI is InChI=1S/C28H31N3O2S/c1-20-9-4-5-11-25(20)27(32)30-26(19-24-10-8-18-34-24)28(33)29-21(2)22-12-14-23(15-13-22)31-16-6-3-7-17-31/h4-5,8-15,18-19,21H,3,6-7,16-17H2,1-2H3,(H,29,33)(H,30,32)/b26-19-/t21-/m0/s1. The zero-order valence-electron chi connectivity index (χ0n) is 19.7. The van der Waals surface area contributed by atoms with Crippen LogP contribution in [0.3, 0.4) is 0 Å². The molecule has 6 heteroatoms. The fourth-order valence-corrected chi connectivity index (χ4v) is 4.83. The van der Waals surface area contributed by atoms with E-state index in [1.54, 1.807) is 12.1 Å². The summed E-state index contributed by atoms with van der Waals surface area (Å²) in [4.78, 5) is 29.5. The topological polar surface area (TPSA) is 61.4 Å². The molecule has 2 amide bonds. The van der Waals surface area contributed by atoms with E-state index in [4.69, 9.17) is 0 Å². The third-order valence-corrected chi connectivity index (χ3v) is 6.99. The Morgan fingerprint density at radius 1 is 0.971 bits per heavy atom. The van der Waals surface area contributed by atoms with E-state index < -0.39 is 0 Å². The Balaban J connectivity index is 1.48. The van der Waals surface area contributed by atoms with E-state index >= 15 is 0 Å². The minimum atomic E-state index is -0.317. The number of thiophene rings is 1. The molecule has 2 heterocycles. The molecule has 34 heavy (non-hydrogen) atoms. The predicted octanol–water partition coefficient (Wildman–Crippen LogP) is 5.70. The molecule has 4 rings (SSSR count). The van der Waals surface area contributed by atoms with Gasteiger partial charge in [-0.25, -0.2) is 0 Å². The van der Waals surface area contributed by atoms with Gasteiger partial charge in [-0.3, -0.25) is 9.59 Å². The summed E-state index contributed by atoms with van der Waals surface area (Å²) in [6.45, 7) is 6.04. The molecule has 2 N–H and O–H groups in total. The Hall–Kier alpha value is -3.38. The van der Waals surface area contributed by atoms with Gasteiger partial charge in [0, 0.05) is 29.2 Å². The first-order valence-electron chi connectivity index (χ1n) is 11.8. The van der Waals surface area contributed by atoms with Crippen LogP contribution in [0.2, 0.25) is 0 Å². The number of amides is 2. The van der Waals surface area contributed by atoms with Gasteiger partial charge in [-0.05, 0) is 80.0 Å². The molecule has 1 aliphatic heterocycles. The molecular weight excluding hydrogens is 442 g/mol. The Labute approximate surface area is 205 Å². The van der Waals surface area contributed by atoms with Crippen molar-refractivity contribution in [3.05, 3.63) is 93.3 Å². The maximum Gasteiger partial charge on any atom is 0.268 e. The van der Waals surface area contributed by atoms with Crippen molar-refractivity contribution in [1.82, 2.24) is 10.6 Å². The first-order valence-corrected chi connectivity index (χ1v) is 12.7. The van der Waals surface area contributed by atoms with Gasteiger partial charge in [0.25, 0.3) is 11.8 Å². The number of nitrogens with zero attached hydrogens (tertiary/aromatic N) is 1. The van der Waals surface area contributed by atoms with E-state index in [0.29, 0.717) is 5.56 Å². The minimum Gasteiger partial charge on any atom is -0.372 e. The molecule has 0 bridgehead atoms. The van der Waals surface area contributed by atoms with Gasteiger partial charge in [0.2, 0.25) is 0 Å². The third kappa shape index (κ3) is 5.94. The van der Waals surface area contributed by atoms with Crippen molar-refractivity contribution in [2.24, 2.45) is 0 Å². The second-order valence-electron chi connectivity index (χ2n) is 8.68. The summed E-state index contributed by atoms with van der Waals surface area (Å²) in [6, 6.07) is 19.4. The molecular formula is C28H31N3O2S. The van der Waals surface area contributed by atoms with Gasteiger partial charge in [-0.15, -0.1) is 11.3 Å². The number of nitrogens with one attached hydrogen (secondary N) is 2. The summed E-state index contributed by atoms with van der Waals surface area (Å²) in [6.07, 6.45) is 5.51. The van der Waals surface area contributed by atoms with Crippen molar-refractivity contribution >= 4 is 34.9 Å². The van der Waals surface area contributed by atoms with Crippen molar-refractivity contribution < 1.29 is 9.59 Å². The lowest BCUT2D eigenvalue weighted by Gasteiger charge is -2.29. The molecule has 3 aromatic rings. The summed E-state index contributed by atoms with van der Waals surface area (Å²) in [5.41, 5.74) is 3.89. The zero-order valence-corrected chi connectivity index (χ0v) is 20.5. The molecule has 1 aliphatic rings. The Kier molecular flexibility index (Phi) is 7.80. The van der Waals surface area contributed by atoms with Gasteiger partial charge < -0.3 is 15.5 Å².